The van der Waals surface area contributed by atoms with Crippen molar-refractivity contribution >= 4 is 35.3 Å². The first-order valence-corrected chi connectivity index (χ1v) is 6.11. The van der Waals surface area contributed by atoms with E-state index in [0.717, 1.165) is 0 Å². The molecule has 0 spiro atoms. The number of carbonyl (C=O) groups excluding carboxylic acids is 1. The molecule has 96 valence electrons. The summed E-state index contributed by atoms with van der Waals surface area (Å²) >= 11 is 11.9. The Hall–Kier alpha value is -1.91. The molecule has 0 aliphatic heterocycles. The van der Waals surface area contributed by atoms with E-state index in [2.05, 4.69) is 15.5 Å². The van der Waals surface area contributed by atoms with Gasteiger partial charge in [-0.15, -0.1) is 0 Å². The van der Waals surface area contributed by atoms with Crippen molar-refractivity contribution in [1.82, 2.24) is 10.4 Å². The van der Waals surface area contributed by atoms with Crippen molar-refractivity contribution in [3.05, 3.63) is 63.9 Å². The van der Waals surface area contributed by atoms with Crippen molar-refractivity contribution in [2.75, 3.05) is 0 Å². The molecule has 2 aromatic rings. The minimum Gasteiger partial charge on any atom is -0.267 e. The Bertz CT molecular complexity index is 594. The maximum atomic E-state index is 11.7. The lowest BCUT2D eigenvalue weighted by Crippen LogP contribution is -2.17. The van der Waals surface area contributed by atoms with Gasteiger partial charge in [-0.3, -0.25) is 9.78 Å². The standard InChI is InChI=1S/C13H9Cl2N3O/c14-11-2-1-3-12(15)10(11)8-17-18-13(19)9-4-6-16-7-5-9/h1-8H,(H,18,19)/b17-8-. The maximum absolute atomic E-state index is 11.7. The quantitative estimate of drug-likeness (QED) is 0.698. The fraction of sp³-hybridized carbons (Fsp3) is 0. The van der Waals surface area contributed by atoms with Crippen molar-refractivity contribution in [3.8, 4) is 0 Å². The molecule has 1 aromatic carbocycles. The molecule has 0 fully saturated rings. The van der Waals surface area contributed by atoms with Crippen LogP contribution in [0.25, 0.3) is 0 Å². The van der Waals surface area contributed by atoms with Crippen molar-refractivity contribution in [3.63, 3.8) is 0 Å². The van der Waals surface area contributed by atoms with Crippen LogP contribution in [0.15, 0.2) is 47.8 Å². The number of rotatable bonds is 3. The summed E-state index contributed by atoms with van der Waals surface area (Å²) in [5.74, 6) is -0.332. The van der Waals surface area contributed by atoms with Crippen molar-refractivity contribution in [2.24, 2.45) is 5.10 Å². The topological polar surface area (TPSA) is 54.4 Å². The number of halogens is 2. The molecule has 0 saturated carbocycles. The number of benzene rings is 1. The van der Waals surface area contributed by atoms with Crippen LogP contribution >= 0.6 is 23.2 Å². The van der Waals surface area contributed by atoms with E-state index in [1.807, 2.05) is 0 Å². The maximum Gasteiger partial charge on any atom is 0.271 e. The van der Waals surface area contributed by atoms with E-state index in [9.17, 15) is 4.79 Å². The average Bonchev–Trinajstić information content (AvgIpc) is 2.43. The van der Waals surface area contributed by atoms with Crippen molar-refractivity contribution in [1.29, 1.82) is 0 Å². The fourth-order valence-corrected chi connectivity index (χ4v) is 1.85. The number of hydrogen-bond acceptors (Lipinski definition) is 3. The first-order valence-electron chi connectivity index (χ1n) is 5.36. The van der Waals surface area contributed by atoms with Gasteiger partial charge in [0.15, 0.2) is 0 Å². The molecule has 0 aliphatic rings. The zero-order valence-electron chi connectivity index (χ0n) is 9.68. The van der Waals surface area contributed by atoms with E-state index in [-0.39, 0.29) is 5.91 Å². The highest BCUT2D eigenvalue weighted by atomic mass is 35.5. The number of nitrogens with zero attached hydrogens (tertiary/aromatic N) is 2. The van der Waals surface area contributed by atoms with Gasteiger partial charge in [-0.1, -0.05) is 29.3 Å². The molecule has 19 heavy (non-hydrogen) atoms. The zero-order chi connectivity index (χ0) is 13.7. The minimum atomic E-state index is -0.332. The summed E-state index contributed by atoms with van der Waals surface area (Å²) in [6.45, 7) is 0. The highest BCUT2D eigenvalue weighted by Crippen LogP contribution is 2.21. The first kappa shape index (κ1) is 13.5. The number of hydrazone groups is 1. The number of carbonyl (C=O) groups is 1. The molecule has 1 aromatic heterocycles. The van der Waals surface area contributed by atoms with E-state index >= 15 is 0 Å². The molecular weight excluding hydrogens is 285 g/mol. The summed E-state index contributed by atoms with van der Waals surface area (Å²) in [5.41, 5.74) is 3.41. The Morgan fingerprint density at radius 2 is 1.79 bits per heavy atom. The van der Waals surface area contributed by atoms with Gasteiger partial charge in [0.2, 0.25) is 0 Å². The molecule has 0 aliphatic carbocycles. The number of aromatic nitrogens is 1. The van der Waals surface area contributed by atoms with Crippen LogP contribution in [0.4, 0.5) is 0 Å². The van der Waals surface area contributed by atoms with Gasteiger partial charge in [0, 0.05) is 23.5 Å². The Morgan fingerprint density at radius 3 is 2.42 bits per heavy atom. The van der Waals surface area contributed by atoms with E-state index in [0.29, 0.717) is 21.2 Å². The van der Waals surface area contributed by atoms with Crippen LogP contribution in [0, 0.1) is 0 Å². The number of amides is 1. The van der Waals surface area contributed by atoms with E-state index < -0.39 is 0 Å². The molecule has 0 atom stereocenters. The van der Waals surface area contributed by atoms with Crippen LogP contribution in [0.5, 0.6) is 0 Å². The Labute approximate surface area is 120 Å². The predicted octanol–water partition coefficient (Wildman–Crippen LogP) is 3.15. The highest BCUT2D eigenvalue weighted by molar-refractivity contribution is 6.38. The summed E-state index contributed by atoms with van der Waals surface area (Å²) in [7, 11) is 0. The molecule has 2 rings (SSSR count). The second kappa shape index (κ2) is 6.31. The Kier molecular flexibility index (Phi) is 4.49. The molecule has 4 nitrogen and oxygen atoms in total. The smallest absolute Gasteiger partial charge is 0.267 e. The lowest BCUT2D eigenvalue weighted by atomic mass is 10.2. The molecule has 0 saturated heterocycles. The second-order valence-electron chi connectivity index (χ2n) is 3.57. The highest BCUT2D eigenvalue weighted by Gasteiger charge is 2.04. The molecule has 0 unspecified atom stereocenters. The normalized spacial score (nSPS) is 10.6. The summed E-state index contributed by atoms with van der Waals surface area (Å²) in [5, 5.41) is 4.76. The molecule has 6 heteroatoms. The molecule has 1 amide bonds. The predicted molar refractivity (Wildman–Crippen MR) is 75.8 cm³/mol. The van der Waals surface area contributed by atoms with Crippen molar-refractivity contribution in [2.45, 2.75) is 0 Å². The Balaban J connectivity index is 2.07. The largest absolute Gasteiger partial charge is 0.271 e. The third-order valence-electron chi connectivity index (χ3n) is 2.30. The average molecular weight is 294 g/mol. The van der Waals surface area contributed by atoms with Gasteiger partial charge in [-0.25, -0.2) is 5.43 Å². The summed E-state index contributed by atoms with van der Waals surface area (Å²) < 4.78 is 0. The second-order valence-corrected chi connectivity index (χ2v) is 4.38. The lowest BCUT2D eigenvalue weighted by molar-refractivity contribution is 0.0955. The monoisotopic (exact) mass is 293 g/mol. The fourth-order valence-electron chi connectivity index (χ4n) is 1.36. The summed E-state index contributed by atoms with van der Waals surface area (Å²) in [6.07, 6.45) is 4.47. The lowest BCUT2D eigenvalue weighted by Gasteiger charge is -2.01. The van der Waals surface area contributed by atoms with Crippen LogP contribution < -0.4 is 5.43 Å². The summed E-state index contributed by atoms with van der Waals surface area (Å²) in [4.78, 5) is 15.5. The molecule has 1 N–H and O–H groups in total. The molecule has 0 bridgehead atoms. The zero-order valence-corrected chi connectivity index (χ0v) is 11.2. The van der Waals surface area contributed by atoms with Gasteiger partial charge in [0.1, 0.15) is 0 Å². The van der Waals surface area contributed by atoms with Gasteiger partial charge in [0.05, 0.1) is 16.3 Å². The van der Waals surface area contributed by atoms with Crippen molar-refractivity contribution < 1.29 is 4.79 Å². The molecule has 1 heterocycles. The molecular formula is C13H9Cl2N3O. The first-order chi connectivity index (χ1) is 9.18. The number of pyridine rings is 1. The van der Waals surface area contributed by atoms with Crippen LogP contribution in [0.3, 0.4) is 0 Å². The number of nitrogens with one attached hydrogen (secondary N) is 1. The van der Waals surface area contributed by atoms with Gasteiger partial charge in [-0.05, 0) is 24.3 Å². The van der Waals surface area contributed by atoms with Gasteiger partial charge >= 0.3 is 0 Å². The minimum absolute atomic E-state index is 0.332. The van der Waals surface area contributed by atoms with E-state index in [1.165, 1.54) is 18.6 Å². The van der Waals surface area contributed by atoms with E-state index in [4.69, 9.17) is 23.2 Å². The molecule has 0 radical (unpaired) electrons. The SMILES string of the molecule is O=C(N/N=C\c1c(Cl)cccc1Cl)c1ccncc1. The third kappa shape index (κ3) is 3.53. The Morgan fingerprint density at radius 1 is 1.16 bits per heavy atom. The van der Waals surface area contributed by atoms with E-state index in [1.54, 1.807) is 30.3 Å². The third-order valence-corrected chi connectivity index (χ3v) is 2.96. The van der Waals surface area contributed by atoms with Gasteiger partial charge in [0.25, 0.3) is 5.91 Å². The van der Waals surface area contributed by atoms with Gasteiger partial charge in [-0.2, -0.15) is 5.10 Å². The number of hydrogen-bond donors (Lipinski definition) is 1. The summed E-state index contributed by atoms with van der Waals surface area (Å²) in [6, 6.07) is 8.30. The van der Waals surface area contributed by atoms with Crippen LogP contribution in [0.1, 0.15) is 15.9 Å². The van der Waals surface area contributed by atoms with Crippen LogP contribution in [-0.2, 0) is 0 Å². The van der Waals surface area contributed by atoms with Gasteiger partial charge < -0.3 is 0 Å². The van der Waals surface area contributed by atoms with Crippen LogP contribution in [0.2, 0.25) is 10.0 Å². The van der Waals surface area contributed by atoms with Crippen LogP contribution in [-0.4, -0.2) is 17.1 Å².